The van der Waals surface area contributed by atoms with E-state index in [1.165, 1.54) is 31.4 Å². The first-order valence-corrected chi connectivity index (χ1v) is 5.83. The van der Waals surface area contributed by atoms with Gasteiger partial charge in [-0.15, -0.1) is 0 Å². The van der Waals surface area contributed by atoms with Gasteiger partial charge in [-0.3, -0.25) is 4.79 Å². The van der Waals surface area contributed by atoms with Crippen molar-refractivity contribution in [2.45, 2.75) is 19.3 Å². The molecule has 0 atom stereocenters. The maximum Gasteiger partial charge on any atom is 0.328 e. The second-order valence-corrected chi connectivity index (χ2v) is 4.01. The van der Waals surface area contributed by atoms with Gasteiger partial charge in [-0.05, 0) is 29.7 Å². The van der Waals surface area contributed by atoms with Crippen LogP contribution in [0.5, 0.6) is 0 Å². The fourth-order valence-corrected chi connectivity index (χ4v) is 1.64. The summed E-state index contributed by atoms with van der Waals surface area (Å²) in [5.41, 5.74) is 0.795. The number of ether oxygens (including phenoxy) is 1. The number of esters is 1. The van der Waals surface area contributed by atoms with Crippen LogP contribution in [-0.2, 0) is 20.7 Å². The average molecular weight is 284 g/mol. The highest BCUT2D eigenvalue weighted by Gasteiger charge is 2.11. The van der Waals surface area contributed by atoms with Gasteiger partial charge in [0.25, 0.3) is 6.43 Å². The van der Waals surface area contributed by atoms with E-state index in [4.69, 9.17) is 5.11 Å². The van der Waals surface area contributed by atoms with Gasteiger partial charge in [0, 0.05) is 18.1 Å². The second-order valence-electron chi connectivity index (χ2n) is 4.01. The fraction of sp³-hybridized carbons (Fsp3) is 0.286. The quantitative estimate of drug-likeness (QED) is 0.644. The van der Waals surface area contributed by atoms with Crippen LogP contribution in [0.1, 0.15) is 29.5 Å². The number of benzene rings is 1. The number of carbonyl (C=O) groups is 2. The predicted molar refractivity (Wildman–Crippen MR) is 68.4 cm³/mol. The second kappa shape index (κ2) is 7.37. The molecule has 0 spiro atoms. The van der Waals surface area contributed by atoms with Gasteiger partial charge in [-0.2, -0.15) is 0 Å². The molecule has 1 aromatic carbocycles. The van der Waals surface area contributed by atoms with E-state index in [1.807, 2.05) is 0 Å². The summed E-state index contributed by atoms with van der Waals surface area (Å²) in [7, 11) is 1.24. The minimum atomic E-state index is -2.62. The minimum Gasteiger partial charge on any atom is -0.478 e. The summed E-state index contributed by atoms with van der Waals surface area (Å²) in [6.45, 7) is 0. The lowest BCUT2D eigenvalue weighted by molar-refractivity contribution is -0.140. The van der Waals surface area contributed by atoms with Gasteiger partial charge >= 0.3 is 11.9 Å². The minimum absolute atomic E-state index is 0.0388. The van der Waals surface area contributed by atoms with Crippen LogP contribution in [0.25, 0.3) is 6.08 Å². The summed E-state index contributed by atoms with van der Waals surface area (Å²) in [4.78, 5) is 21.6. The van der Waals surface area contributed by atoms with Crippen molar-refractivity contribution in [1.82, 2.24) is 0 Å². The Kier molecular flexibility index (Phi) is 5.83. The van der Waals surface area contributed by atoms with E-state index in [0.717, 1.165) is 6.08 Å². The molecule has 0 saturated carbocycles. The molecule has 0 unspecified atom stereocenters. The van der Waals surface area contributed by atoms with E-state index in [9.17, 15) is 18.4 Å². The van der Waals surface area contributed by atoms with Crippen molar-refractivity contribution in [1.29, 1.82) is 0 Å². The van der Waals surface area contributed by atoms with Crippen molar-refractivity contribution < 1.29 is 28.2 Å². The van der Waals surface area contributed by atoms with Crippen LogP contribution in [0.15, 0.2) is 24.3 Å². The summed E-state index contributed by atoms with van der Waals surface area (Å²) in [5.74, 6) is -1.59. The average Bonchev–Trinajstić information content (AvgIpc) is 2.42. The third-order valence-electron chi connectivity index (χ3n) is 2.65. The highest BCUT2D eigenvalue weighted by molar-refractivity contribution is 5.85. The molecule has 0 radical (unpaired) electrons. The SMILES string of the molecule is COC(=O)CCc1cc(C(F)F)ccc1/C=C/C(=O)O. The molecule has 0 heterocycles. The molecular formula is C14H14F2O4. The van der Waals surface area contributed by atoms with Crippen molar-refractivity contribution in [3.63, 3.8) is 0 Å². The number of carboxylic acids is 1. The third-order valence-corrected chi connectivity index (χ3v) is 2.65. The summed E-state index contributed by atoms with van der Waals surface area (Å²) < 4.78 is 29.8. The molecule has 6 heteroatoms. The molecular weight excluding hydrogens is 270 g/mol. The number of hydrogen-bond acceptors (Lipinski definition) is 3. The molecule has 0 aliphatic carbocycles. The van der Waals surface area contributed by atoms with Gasteiger partial charge in [0.05, 0.1) is 7.11 Å². The molecule has 0 saturated heterocycles. The molecule has 108 valence electrons. The van der Waals surface area contributed by atoms with E-state index in [-0.39, 0.29) is 18.4 Å². The summed E-state index contributed by atoms with van der Waals surface area (Å²) in [6, 6.07) is 3.91. The van der Waals surface area contributed by atoms with Crippen molar-refractivity contribution in [2.24, 2.45) is 0 Å². The standard InChI is InChI=1S/C14H14F2O4/c1-20-13(19)7-5-10-8-11(14(15)16)3-2-9(10)4-6-12(17)18/h2-4,6,8,14H,5,7H2,1H3,(H,17,18)/b6-4+. The maximum atomic E-state index is 12.7. The molecule has 0 bridgehead atoms. The number of carboxylic acid groups (broad SMARTS) is 1. The van der Waals surface area contributed by atoms with E-state index in [2.05, 4.69) is 4.74 Å². The normalized spacial score (nSPS) is 11.0. The summed E-state index contributed by atoms with van der Waals surface area (Å²) in [5, 5.41) is 8.58. The lowest BCUT2D eigenvalue weighted by Gasteiger charge is -2.08. The molecule has 20 heavy (non-hydrogen) atoms. The third kappa shape index (κ3) is 4.79. The van der Waals surface area contributed by atoms with Crippen LogP contribution in [0.4, 0.5) is 8.78 Å². The van der Waals surface area contributed by atoms with Crippen molar-refractivity contribution >= 4 is 18.0 Å². The zero-order valence-electron chi connectivity index (χ0n) is 10.8. The lowest BCUT2D eigenvalue weighted by atomic mass is 9.99. The Balaban J connectivity index is 3.02. The van der Waals surface area contributed by atoms with Gasteiger partial charge in [0.1, 0.15) is 0 Å². The molecule has 0 fully saturated rings. The summed E-state index contributed by atoms with van der Waals surface area (Å²) >= 11 is 0. The molecule has 1 N–H and O–H groups in total. The largest absolute Gasteiger partial charge is 0.478 e. The van der Waals surface area contributed by atoms with Crippen LogP contribution >= 0.6 is 0 Å². The number of alkyl halides is 2. The van der Waals surface area contributed by atoms with Gasteiger partial charge in [-0.1, -0.05) is 12.1 Å². The zero-order valence-corrected chi connectivity index (χ0v) is 10.8. The number of rotatable bonds is 6. The number of methoxy groups -OCH3 is 1. The Morgan fingerprint density at radius 2 is 2.10 bits per heavy atom. The van der Waals surface area contributed by atoms with Gasteiger partial charge in [0.15, 0.2) is 0 Å². The summed E-state index contributed by atoms with van der Waals surface area (Å²) in [6.07, 6.45) is -0.156. The topological polar surface area (TPSA) is 63.6 Å². The number of halogens is 2. The van der Waals surface area contributed by atoms with Crippen molar-refractivity contribution in [2.75, 3.05) is 7.11 Å². The molecule has 0 aromatic heterocycles. The predicted octanol–water partition coefficient (Wildman–Crippen LogP) is 2.83. The van der Waals surface area contributed by atoms with Crippen LogP contribution < -0.4 is 0 Å². The van der Waals surface area contributed by atoms with Crippen LogP contribution in [-0.4, -0.2) is 24.2 Å². The highest BCUT2D eigenvalue weighted by Crippen LogP contribution is 2.23. The number of hydrogen-bond donors (Lipinski definition) is 1. The van der Waals surface area contributed by atoms with E-state index < -0.39 is 18.4 Å². The van der Waals surface area contributed by atoms with Gasteiger partial charge in [-0.25, -0.2) is 13.6 Å². The zero-order chi connectivity index (χ0) is 15.1. The molecule has 0 aliphatic heterocycles. The highest BCUT2D eigenvalue weighted by atomic mass is 19.3. The Bertz CT molecular complexity index is 524. The van der Waals surface area contributed by atoms with Crippen LogP contribution in [0, 0.1) is 0 Å². The van der Waals surface area contributed by atoms with Crippen molar-refractivity contribution in [3.05, 3.63) is 41.0 Å². The Morgan fingerprint density at radius 3 is 2.65 bits per heavy atom. The Hall–Kier alpha value is -2.24. The smallest absolute Gasteiger partial charge is 0.328 e. The fourth-order valence-electron chi connectivity index (χ4n) is 1.64. The monoisotopic (exact) mass is 284 g/mol. The number of aliphatic carboxylic acids is 1. The van der Waals surface area contributed by atoms with Crippen LogP contribution in [0.3, 0.4) is 0 Å². The first kappa shape index (κ1) is 15.8. The molecule has 0 aliphatic rings. The van der Waals surface area contributed by atoms with Gasteiger partial charge < -0.3 is 9.84 Å². The molecule has 1 rings (SSSR count). The number of aryl methyl sites for hydroxylation is 1. The van der Waals surface area contributed by atoms with Crippen LogP contribution in [0.2, 0.25) is 0 Å². The lowest BCUT2D eigenvalue weighted by Crippen LogP contribution is -2.03. The first-order chi connectivity index (χ1) is 9.43. The van der Waals surface area contributed by atoms with Crippen molar-refractivity contribution in [3.8, 4) is 0 Å². The Morgan fingerprint density at radius 1 is 1.40 bits per heavy atom. The molecule has 1 aromatic rings. The van der Waals surface area contributed by atoms with Gasteiger partial charge in [0.2, 0.25) is 0 Å². The Labute approximate surface area is 114 Å². The first-order valence-electron chi connectivity index (χ1n) is 5.83. The molecule has 0 amide bonds. The van der Waals surface area contributed by atoms with E-state index in [0.29, 0.717) is 11.1 Å². The maximum absolute atomic E-state index is 12.7. The van der Waals surface area contributed by atoms with E-state index >= 15 is 0 Å². The van der Waals surface area contributed by atoms with E-state index in [1.54, 1.807) is 0 Å². The molecule has 4 nitrogen and oxygen atoms in total. The number of carbonyl (C=O) groups excluding carboxylic acids is 1.